The van der Waals surface area contributed by atoms with E-state index in [4.69, 9.17) is 4.99 Å². The fourth-order valence-electron chi connectivity index (χ4n) is 3.02. The van der Waals surface area contributed by atoms with E-state index in [1.165, 1.54) is 0 Å². The number of amidine groups is 1. The first-order chi connectivity index (χ1) is 12.8. The number of para-hydroxylation sites is 1. The van der Waals surface area contributed by atoms with E-state index in [0.717, 1.165) is 16.8 Å². The van der Waals surface area contributed by atoms with Gasteiger partial charge in [0.1, 0.15) is 6.04 Å². The van der Waals surface area contributed by atoms with Crippen molar-refractivity contribution in [2.45, 2.75) is 12.5 Å². The molecule has 4 heteroatoms. The quantitative estimate of drug-likeness (QED) is 0.765. The Hall–Kier alpha value is -3.40. The summed E-state index contributed by atoms with van der Waals surface area (Å²) in [5.41, 5.74) is 6.08. The largest absolute Gasteiger partial charge is 0.290 e. The van der Waals surface area contributed by atoms with Gasteiger partial charge >= 0.3 is 0 Å². The Kier molecular flexibility index (Phi) is 4.48. The fraction of sp³-hybridized carbons (Fsp3) is 0.0909. The van der Waals surface area contributed by atoms with E-state index in [9.17, 15) is 4.79 Å². The van der Waals surface area contributed by atoms with Gasteiger partial charge in [0.05, 0.1) is 5.69 Å². The van der Waals surface area contributed by atoms with Crippen molar-refractivity contribution < 1.29 is 4.79 Å². The van der Waals surface area contributed by atoms with Crippen molar-refractivity contribution in [3.63, 3.8) is 0 Å². The number of hydrogen-bond donors (Lipinski definition) is 1. The van der Waals surface area contributed by atoms with Gasteiger partial charge in [0.2, 0.25) is 0 Å². The molecule has 3 aromatic rings. The third-order valence-electron chi connectivity index (χ3n) is 4.31. The van der Waals surface area contributed by atoms with E-state index in [-0.39, 0.29) is 5.91 Å². The Morgan fingerprint density at radius 3 is 2.04 bits per heavy atom. The van der Waals surface area contributed by atoms with Crippen molar-refractivity contribution in [1.82, 2.24) is 5.01 Å². The predicted octanol–water partition coefficient (Wildman–Crippen LogP) is 3.91. The molecule has 0 unspecified atom stereocenters. The van der Waals surface area contributed by atoms with Crippen LogP contribution in [0.3, 0.4) is 0 Å². The van der Waals surface area contributed by atoms with Crippen molar-refractivity contribution >= 4 is 17.4 Å². The lowest BCUT2D eigenvalue weighted by atomic mass is 10.1. The van der Waals surface area contributed by atoms with Gasteiger partial charge in [-0.2, -0.15) is 0 Å². The Morgan fingerprint density at radius 2 is 1.38 bits per heavy atom. The molecule has 4 nitrogen and oxygen atoms in total. The number of benzene rings is 3. The molecule has 26 heavy (non-hydrogen) atoms. The predicted molar refractivity (Wildman–Crippen MR) is 104 cm³/mol. The maximum Gasteiger partial charge on any atom is 0.272 e. The van der Waals surface area contributed by atoms with Crippen LogP contribution in [0.4, 0.5) is 5.69 Å². The molecule has 1 aliphatic heterocycles. The average Bonchev–Trinajstić information content (AvgIpc) is 3.00. The Balaban J connectivity index is 1.65. The Morgan fingerprint density at radius 1 is 0.808 bits per heavy atom. The monoisotopic (exact) mass is 341 g/mol. The molecule has 0 radical (unpaired) electrons. The molecule has 1 heterocycles. The number of rotatable bonds is 5. The van der Waals surface area contributed by atoms with Gasteiger partial charge in [-0.1, -0.05) is 78.9 Å². The summed E-state index contributed by atoms with van der Waals surface area (Å²) in [6.45, 7) is 0. The van der Waals surface area contributed by atoms with Gasteiger partial charge in [-0.3, -0.25) is 15.2 Å². The van der Waals surface area contributed by atoms with E-state index in [1.807, 2.05) is 91.0 Å². The lowest BCUT2D eigenvalue weighted by Crippen LogP contribution is -2.40. The number of carbonyl (C=O) groups excluding carboxylic acids is 1. The minimum absolute atomic E-state index is 0.0449. The molecule has 0 bridgehead atoms. The zero-order valence-electron chi connectivity index (χ0n) is 14.2. The molecule has 128 valence electrons. The smallest absolute Gasteiger partial charge is 0.272 e. The number of aliphatic imine (C=N–C) groups is 1. The molecule has 1 atom stereocenters. The van der Waals surface area contributed by atoms with Crippen molar-refractivity contribution in [2.75, 3.05) is 5.43 Å². The van der Waals surface area contributed by atoms with Gasteiger partial charge in [-0.15, -0.1) is 0 Å². The van der Waals surface area contributed by atoms with E-state index >= 15 is 0 Å². The minimum Gasteiger partial charge on any atom is -0.290 e. The molecule has 0 fully saturated rings. The van der Waals surface area contributed by atoms with Gasteiger partial charge in [0.25, 0.3) is 5.91 Å². The Labute approximate surface area is 152 Å². The fourth-order valence-corrected chi connectivity index (χ4v) is 3.02. The normalized spacial score (nSPS) is 16.5. The minimum atomic E-state index is -0.427. The van der Waals surface area contributed by atoms with Crippen LogP contribution < -0.4 is 5.43 Å². The molecular formula is C22H19N3O. The van der Waals surface area contributed by atoms with Crippen LogP contribution in [0, 0.1) is 0 Å². The summed E-state index contributed by atoms with van der Waals surface area (Å²) < 4.78 is 0. The number of hydrazine groups is 1. The lowest BCUT2D eigenvalue weighted by Gasteiger charge is -2.21. The highest BCUT2D eigenvalue weighted by atomic mass is 16.2. The van der Waals surface area contributed by atoms with E-state index in [1.54, 1.807) is 5.01 Å². The van der Waals surface area contributed by atoms with Crippen molar-refractivity contribution in [1.29, 1.82) is 0 Å². The molecular weight excluding hydrogens is 322 g/mol. The van der Waals surface area contributed by atoms with Gasteiger partial charge in [-0.25, -0.2) is 5.01 Å². The molecule has 1 aliphatic rings. The second kappa shape index (κ2) is 7.23. The number of nitrogens with zero attached hydrogens (tertiary/aromatic N) is 2. The maximum atomic E-state index is 13.0. The standard InChI is InChI=1S/C22H19N3O/c26-22-20(16-17-10-4-1-5-11-17)23-21(18-12-6-2-7-13-18)25(22)24-19-14-8-3-9-15-19/h1-15,20,24H,16H2/t20-/m0/s1. The summed E-state index contributed by atoms with van der Waals surface area (Å²) in [7, 11) is 0. The third-order valence-corrected chi connectivity index (χ3v) is 4.31. The second-order valence-corrected chi connectivity index (χ2v) is 6.18. The number of nitrogens with one attached hydrogen (secondary N) is 1. The molecule has 4 rings (SSSR count). The van der Waals surface area contributed by atoms with Crippen molar-refractivity contribution in [3.05, 3.63) is 102 Å². The Bertz CT molecular complexity index is 908. The summed E-state index contributed by atoms with van der Waals surface area (Å²) in [6.07, 6.45) is 0.586. The highest BCUT2D eigenvalue weighted by Gasteiger charge is 2.35. The van der Waals surface area contributed by atoms with Crippen LogP contribution in [0.5, 0.6) is 0 Å². The summed E-state index contributed by atoms with van der Waals surface area (Å²) in [5.74, 6) is 0.608. The van der Waals surface area contributed by atoms with Crippen LogP contribution in [0.1, 0.15) is 11.1 Å². The maximum absolute atomic E-state index is 13.0. The van der Waals surface area contributed by atoms with Crippen LogP contribution in [0.15, 0.2) is 96.0 Å². The van der Waals surface area contributed by atoms with Crippen LogP contribution in [0.25, 0.3) is 0 Å². The number of hydrogen-bond acceptors (Lipinski definition) is 3. The first-order valence-electron chi connectivity index (χ1n) is 8.64. The zero-order chi connectivity index (χ0) is 17.8. The van der Waals surface area contributed by atoms with Gasteiger partial charge in [0, 0.05) is 12.0 Å². The highest BCUT2D eigenvalue weighted by Crippen LogP contribution is 2.21. The van der Waals surface area contributed by atoms with E-state index in [0.29, 0.717) is 12.3 Å². The van der Waals surface area contributed by atoms with Crippen LogP contribution in [0.2, 0.25) is 0 Å². The molecule has 1 N–H and O–H groups in total. The molecule has 0 aromatic heterocycles. The van der Waals surface area contributed by atoms with Crippen molar-refractivity contribution in [2.24, 2.45) is 4.99 Å². The van der Waals surface area contributed by atoms with E-state index < -0.39 is 6.04 Å². The number of carbonyl (C=O) groups is 1. The van der Waals surface area contributed by atoms with Gasteiger partial charge in [0.15, 0.2) is 5.84 Å². The number of amides is 1. The zero-order valence-corrected chi connectivity index (χ0v) is 14.2. The summed E-state index contributed by atoms with van der Waals surface area (Å²) in [4.78, 5) is 17.8. The van der Waals surface area contributed by atoms with Gasteiger partial charge < -0.3 is 0 Å². The third kappa shape index (κ3) is 3.35. The molecule has 0 saturated heterocycles. The molecule has 0 aliphatic carbocycles. The summed E-state index contributed by atoms with van der Waals surface area (Å²) >= 11 is 0. The molecule has 3 aromatic carbocycles. The van der Waals surface area contributed by atoms with Crippen LogP contribution in [-0.4, -0.2) is 22.8 Å². The first kappa shape index (κ1) is 16.1. The van der Waals surface area contributed by atoms with Crippen LogP contribution >= 0.6 is 0 Å². The second-order valence-electron chi connectivity index (χ2n) is 6.18. The molecule has 0 spiro atoms. The molecule has 0 saturated carbocycles. The lowest BCUT2D eigenvalue weighted by molar-refractivity contribution is -0.126. The molecule has 1 amide bonds. The first-order valence-corrected chi connectivity index (χ1v) is 8.64. The highest BCUT2D eigenvalue weighted by molar-refractivity contribution is 6.14. The summed E-state index contributed by atoms with van der Waals surface area (Å²) in [5, 5.41) is 1.57. The topological polar surface area (TPSA) is 44.7 Å². The van der Waals surface area contributed by atoms with Crippen molar-refractivity contribution in [3.8, 4) is 0 Å². The van der Waals surface area contributed by atoms with E-state index in [2.05, 4.69) is 5.43 Å². The number of anilines is 1. The van der Waals surface area contributed by atoms with Gasteiger partial charge in [-0.05, 0) is 17.7 Å². The average molecular weight is 341 g/mol. The SMILES string of the molecule is O=C1[C@H](Cc2ccccc2)N=C(c2ccccc2)N1Nc1ccccc1. The van der Waals surface area contributed by atoms with Crippen LogP contribution in [-0.2, 0) is 11.2 Å². The summed E-state index contributed by atoms with van der Waals surface area (Å²) in [6, 6.07) is 29.0.